The van der Waals surface area contributed by atoms with Crippen molar-refractivity contribution in [2.75, 3.05) is 14.2 Å². The molecule has 20 heavy (non-hydrogen) atoms. The summed E-state index contributed by atoms with van der Waals surface area (Å²) >= 11 is 0. The van der Waals surface area contributed by atoms with Crippen molar-refractivity contribution in [3.8, 4) is 0 Å². The molecule has 0 saturated carbocycles. The third-order valence-electron chi connectivity index (χ3n) is 2.50. The summed E-state index contributed by atoms with van der Waals surface area (Å²) < 4.78 is 9.89. The lowest BCUT2D eigenvalue weighted by Gasteiger charge is -2.24. The minimum absolute atomic E-state index is 0.378. The van der Waals surface area contributed by atoms with Crippen LogP contribution >= 0.6 is 0 Å². The molecule has 0 N–H and O–H groups in total. The van der Waals surface area contributed by atoms with Crippen LogP contribution in [0.25, 0.3) is 0 Å². The number of hydrogen-bond donors (Lipinski definition) is 0. The molecule has 0 aliphatic rings. The van der Waals surface area contributed by atoms with E-state index >= 15 is 0 Å². The molecule has 1 aromatic rings. The summed E-state index contributed by atoms with van der Waals surface area (Å²) in [6.07, 6.45) is -0.380. The number of nitrogens with zero attached hydrogens (tertiary/aromatic N) is 1. The van der Waals surface area contributed by atoms with Crippen molar-refractivity contribution in [2.24, 2.45) is 0 Å². The summed E-state index contributed by atoms with van der Waals surface area (Å²) in [6.45, 7) is 5.88. The van der Waals surface area contributed by atoms with E-state index in [9.17, 15) is 9.59 Å². The first-order chi connectivity index (χ1) is 9.23. The topological polar surface area (TPSA) is 55.8 Å². The maximum atomic E-state index is 11.8. The molecule has 0 spiro atoms. The Kier molecular flexibility index (Phi) is 5.13. The summed E-state index contributed by atoms with van der Waals surface area (Å²) in [5, 5.41) is 0. The van der Waals surface area contributed by atoms with Crippen LogP contribution in [0, 0.1) is 0 Å². The van der Waals surface area contributed by atoms with Gasteiger partial charge in [-0.3, -0.25) is 0 Å². The van der Waals surface area contributed by atoms with Crippen molar-refractivity contribution in [3.63, 3.8) is 0 Å². The number of hydrogen-bond acceptors (Lipinski definition) is 4. The lowest BCUT2D eigenvalue weighted by atomic mass is 10.1. The van der Waals surface area contributed by atoms with Gasteiger partial charge in [0.15, 0.2) is 0 Å². The fourth-order valence-electron chi connectivity index (χ4n) is 1.54. The van der Waals surface area contributed by atoms with E-state index in [-0.39, 0.29) is 12.1 Å². The highest BCUT2D eigenvalue weighted by atomic mass is 16.6. The SMILES string of the molecule is COC(=O)c1ccc(CN(C)C(=O)OC(C)(C)C)cc1. The molecule has 5 nitrogen and oxygen atoms in total. The third kappa shape index (κ3) is 4.91. The van der Waals surface area contributed by atoms with Crippen molar-refractivity contribution in [3.05, 3.63) is 35.4 Å². The van der Waals surface area contributed by atoms with Gasteiger partial charge in [-0.05, 0) is 38.5 Å². The Morgan fingerprint density at radius 1 is 1.15 bits per heavy atom. The van der Waals surface area contributed by atoms with Gasteiger partial charge in [-0.25, -0.2) is 9.59 Å². The average Bonchev–Trinajstić information content (AvgIpc) is 2.36. The Hall–Kier alpha value is -2.04. The number of esters is 1. The second kappa shape index (κ2) is 6.41. The van der Waals surface area contributed by atoms with Gasteiger partial charge in [-0.1, -0.05) is 12.1 Å². The van der Waals surface area contributed by atoms with E-state index in [1.165, 1.54) is 12.0 Å². The van der Waals surface area contributed by atoms with E-state index in [4.69, 9.17) is 4.74 Å². The van der Waals surface area contributed by atoms with Gasteiger partial charge in [0.2, 0.25) is 0 Å². The highest BCUT2D eigenvalue weighted by Gasteiger charge is 2.19. The van der Waals surface area contributed by atoms with Crippen molar-refractivity contribution >= 4 is 12.1 Å². The van der Waals surface area contributed by atoms with Gasteiger partial charge in [-0.15, -0.1) is 0 Å². The number of methoxy groups -OCH3 is 1. The van der Waals surface area contributed by atoms with Crippen LogP contribution in [-0.2, 0) is 16.0 Å². The van der Waals surface area contributed by atoms with Crippen molar-refractivity contribution in [1.29, 1.82) is 0 Å². The summed E-state index contributed by atoms with van der Waals surface area (Å²) in [4.78, 5) is 24.6. The van der Waals surface area contributed by atoms with Gasteiger partial charge in [0.05, 0.1) is 12.7 Å². The maximum absolute atomic E-state index is 11.8. The second-order valence-electron chi connectivity index (χ2n) is 5.52. The van der Waals surface area contributed by atoms with Crippen molar-refractivity contribution in [1.82, 2.24) is 4.90 Å². The van der Waals surface area contributed by atoms with Gasteiger partial charge in [-0.2, -0.15) is 0 Å². The molecule has 110 valence electrons. The summed E-state index contributed by atoms with van der Waals surface area (Å²) in [5.41, 5.74) is 0.877. The minimum Gasteiger partial charge on any atom is -0.465 e. The predicted molar refractivity (Wildman–Crippen MR) is 75.5 cm³/mol. The first kappa shape index (κ1) is 16.0. The zero-order valence-electron chi connectivity index (χ0n) is 12.6. The molecule has 0 fully saturated rings. The molecule has 0 atom stereocenters. The molecular formula is C15H21NO4. The molecule has 1 aromatic carbocycles. The molecule has 1 amide bonds. The zero-order chi connectivity index (χ0) is 15.3. The molecule has 0 radical (unpaired) electrons. The summed E-state index contributed by atoms with van der Waals surface area (Å²) in [5.74, 6) is -0.378. The number of rotatable bonds is 3. The van der Waals surface area contributed by atoms with E-state index in [0.717, 1.165) is 5.56 Å². The van der Waals surface area contributed by atoms with E-state index in [1.54, 1.807) is 31.3 Å². The standard InChI is InChI=1S/C15H21NO4/c1-15(2,3)20-14(18)16(4)10-11-6-8-12(9-7-11)13(17)19-5/h6-9H,10H2,1-5H3. The average molecular weight is 279 g/mol. The van der Waals surface area contributed by atoms with Gasteiger partial charge in [0.1, 0.15) is 5.60 Å². The number of amides is 1. The molecule has 0 aromatic heterocycles. The fraction of sp³-hybridized carbons (Fsp3) is 0.467. The summed E-state index contributed by atoms with van der Waals surface area (Å²) in [6, 6.07) is 6.91. The fourth-order valence-corrected chi connectivity index (χ4v) is 1.54. The van der Waals surface area contributed by atoms with Crippen LogP contribution < -0.4 is 0 Å². The van der Waals surface area contributed by atoms with Gasteiger partial charge >= 0.3 is 12.1 Å². The predicted octanol–water partition coefficient (Wildman–Crippen LogP) is 2.84. The Morgan fingerprint density at radius 3 is 2.15 bits per heavy atom. The maximum Gasteiger partial charge on any atom is 0.410 e. The number of ether oxygens (including phenoxy) is 2. The lowest BCUT2D eigenvalue weighted by molar-refractivity contribution is 0.0284. The van der Waals surface area contributed by atoms with Crippen LogP contribution in [0.3, 0.4) is 0 Å². The molecule has 0 aliphatic carbocycles. The second-order valence-corrected chi connectivity index (χ2v) is 5.52. The zero-order valence-corrected chi connectivity index (χ0v) is 12.6. The van der Waals surface area contributed by atoms with Crippen LogP contribution in [0.4, 0.5) is 4.79 Å². The molecule has 0 bridgehead atoms. The van der Waals surface area contributed by atoms with Gasteiger partial charge in [0, 0.05) is 13.6 Å². The Bertz CT molecular complexity index is 474. The summed E-state index contributed by atoms with van der Waals surface area (Å²) in [7, 11) is 3.01. The molecule has 0 aliphatic heterocycles. The van der Waals surface area contributed by atoms with E-state index in [0.29, 0.717) is 12.1 Å². The molecule has 1 rings (SSSR count). The van der Waals surface area contributed by atoms with E-state index in [2.05, 4.69) is 4.74 Å². The quantitative estimate of drug-likeness (QED) is 0.798. The smallest absolute Gasteiger partial charge is 0.410 e. The Labute approximate surface area is 119 Å². The van der Waals surface area contributed by atoms with Crippen LogP contribution in [0.1, 0.15) is 36.7 Å². The molecule has 0 saturated heterocycles. The van der Waals surface area contributed by atoms with Crippen LogP contribution in [0.5, 0.6) is 0 Å². The molecule has 0 unspecified atom stereocenters. The van der Waals surface area contributed by atoms with Crippen molar-refractivity contribution in [2.45, 2.75) is 32.9 Å². The van der Waals surface area contributed by atoms with E-state index in [1.807, 2.05) is 20.8 Å². The third-order valence-corrected chi connectivity index (χ3v) is 2.50. The highest BCUT2D eigenvalue weighted by Crippen LogP contribution is 2.12. The molecular weight excluding hydrogens is 258 g/mol. The normalized spacial score (nSPS) is 10.8. The number of carbonyl (C=O) groups is 2. The Morgan fingerprint density at radius 2 is 1.70 bits per heavy atom. The number of carbonyl (C=O) groups excluding carboxylic acids is 2. The molecule has 0 heterocycles. The van der Waals surface area contributed by atoms with Crippen LogP contribution in [-0.4, -0.2) is 36.7 Å². The van der Waals surface area contributed by atoms with Gasteiger partial charge in [0.25, 0.3) is 0 Å². The first-order valence-corrected chi connectivity index (χ1v) is 6.34. The number of benzene rings is 1. The van der Waals surface area contributed by atoms with Crippen molar-refractivity contribution < 1.29 is 19.1 Å². The van der Waals surface area contributed by atoms with Gasteiger partial charge < -0.3 is 14.4 Å². The van der Waals surface area contributed by atoms with Crippen LogP contribution in [0.2, 0.25) is 0 Å². The Balaban J connectivity index is 2.64. The van der Waals surface area contributed by atoms with Crippen LogP contribution in [0.15, 0.2) is 24.3 Å². The van der Waals surface area contributed by atoms with E-state index < -0.39 is 5.60 Å². The largest absolute Gasteiger partial charge is 0.465 e. The minimum atomic E-state index is -0.514. The molecule has 5 heteroatoms. The monoisotopic (exact) mass is 279 g/mol. The first-order valence-electron chi connectivity index (χ1n) is 6.34. The lowest BCUT2D eigenvalue weighted by Crippen LogP contribution is -2.33. The highest BCUT2D eigenvalue weighted by molar-refractivity contribution is 5.89.